The van der Waals surface area contributed by atoms with Crippen LogP contribution in [0.15, 0.2) is 12.1 Å². The van der Waals surface area contributed by atoms with Gasteiger partial charge in [-0.3, -0.25) is 0 Å². The molecule has 0 saturated carbocycles. The highest BCUT2D eigenvalue weighted by Gasteiger charge is 2.53. The van der Waals surface area contributed by atoms with Gasteiger partial charge in [0.05, 0.1) is 17.1 Å². The van der Waals surface area contributed by atoms with Crippen LogP contribution in [-0.4, -0.2) is 18.3 Å². The van der Waals surface area contributed by atoms with Crippen LogP contribution >= 0.6 is 0 Å². The zero-order valence-electron chi connectivity index (χ0n) is 13.7. The zero-order chi connectivity index (χ0) is 15.3. The Morgan fingerprint density at radius 3 is 1.75 bits per heavy atom. The molecule has 1 aromatic rings. The fourth-order valence-corrected chi connectivity index (χ4v) is 2.89. The molecule has 1 fully saturated rings. The average molecular weight is 275 g/mol. The summed E-state index contributed by atoms with van der Waals surface area (Å²) in [4.78, 5) is 0. The number of aryl methyl sites for hydroxylation is 3. The molecule has 1 atom stereocenters. The molecule has 1 heterocycles. The molecule has 0 unspecified atom stereocenters. The van der Waals surface area contributed by atoms with E-state index in [1.165, 1.54) is 16.7 Å². The van der Waals surface area contributed by atoms with Gasteiger partial charge in [-0.05, 0) is 65.2 Å². The van der Waals surface area contributed by atoms with Crippen molar-refractivity contribution in [1.29, 1.82) is 0 Å². The van der Waals surface area contributed by atoms with Crippen LogP contribution in [0.2, 0.25) is 0 Å². The fraction of sp³-hybridized carbons (Fsp3) is 0.625. The first kappa shape index (κ1) is 15.6. The summed E-state index contributed by atoms with van der Waals surface area (Å²) in [7, 11) is -0.403. The molecule has 2 rings (SSSR count). The molecule has 0 radical (unpaired) electrons. The van der Waals surface area contributed by atoms with Crippen molar-refractivity contribution in [3.63, 3.8) is 0 Å². The van der Waals surface area contributed by atoms with Crippen molar-refractivity contribution < 1.29 is 9.31 Å². The van der Waals surface area contributed by atoms with Gasteiger partial charge in [-0.1, -0.05) is 17.7 Å². The summed E-state index contributed by atoms with van der Waals surface area (Å²) in [6.07, 6.45) is 0. The van der Waals surface area contributed by atoms with Gasteiger partial charge < -0.3 is 15.0 Å². The highest BCUT2D eigenvalue weighted by atomic mass is 16.7. The average Bonchev–Trinajstić information content (AvgIpc) is 2.46. The summed E-state index contributed by atoms with van der Waals surface area (Å²) in [5.74, 6) is -0.267. The van der Waals surface area contributed by atoms with Gasteiger partial charge in [0, 0.05) is 0 Å². The van der Waals surface area contributed by atoms with E-state index in [9.17, 15) is 0 Å². The van der Waals surface area contributed by atoms with Crippen LogP contribution in [-0.2, 0) is 9.31 Å². The van der Waals surface area contributed by atoms with Crippen LogP contribution in [0.1, 0.15) is 55.9 Å². The highest BCUT2D eigenvalue weighted by molar-refractivity contribution is 6.47. The molecule has 3 nitrogen and oxygen atoms in total. The van der Waals surface area contributed by atoms with Crippen molar-refractivity contribution in [2.45, 2.75) is 65.6 Å². The summed E-state index contributed by atoms with van der Waals surface area (Å²) in [5.41, 5.74) is 10.5. The van der Waals surface area contributed by atoms with Crippen molar-refractivity contribution in [1.82, 2.24) is 0 Å². The minimum Gasteiger partial charge on any atom is -0.402 e. The molecule has 0 bridgehead atoms. The van der Waals surface area contributed by atoms with Crippen LogP contribution in [0.5, 0.6) is 0 Å². The summed E-state index contributed by atoms with van der Waals surface area (Å²) in [6, 6.07) is 4.32. The lowest BCUT2D eigenvalue weighted by Crippen LogP contribution is -2.41. The van der Waals surface area contributed by atoms with E-state index in [0.717, 1.165) is 5.56 Å². The van der Waals surface area contributed by atoms with Crippen molar-refractivity contribution >= 4 is 7.12 Å². The maximum absolute atomic E-state index is 6.44. The third-order valence-electron chi connectivity index (χ3n) is 4.64. The maximum Gasteiger partial charge on any atom is 0.480 e. The van der Waals surface area contributed by atoms with E-state index in [-0.39, 0.29) is 17.1 Å². The normalized spacial score (nSPS) is 22.1. The fourth-order valence-electron chi connectivity index (χ4n) is 2.89. The van der Waals surface area contributed by atoms with E-state index in [1.54, 1.807) is 0 Å². The van der Waals surface area contributed by atoms with Gasteiger partial charge >= 0.3 is 7.12 Å². The van der Waals surface area contributed by atoms with Crippen molar-refractivity contribution in [3.05, 3.63) is 34.4 Å². The summed E-state index contributed by atoms with van der Waals surface area (Å²) in [5, 5.41) is 0. The molecule has 0 amide bonds. The molecular formula is C16H26BNO2. The largest absolute Gasteiger partial charge is 0.480 e. The van der Waals surface area contributed by atoms with E-state index in [2.05, 4.69) is 60.6 Å². The van der Waals surface area contributed by atoms with Crippen molar-refractivity contribution in [2.24, 2.45) is 5.73 Å². The van der Waals surface area contributed by atoms with Crippen LogP contribution in [0, 0.1) is 20.8 Å². The van der Waals surface area contributed by atoms with Gasteiger partial charge in [0.2, 0.25) is 0 Å². The summed E-state index contributed by atoms with van der Waals surface area (Å²) in [6.45, 7) is 14.5. The molecule has 2 N–H and O–H groups in total. The van der Waals surface area contributed by atoms with Crippen LogP contribution in [0.4, 0.5) is 0 Å². The Hall–Kier alpha value is -0.835. The first-order chi connectivity index (χ1) is 9.05. The van der Waals surface area contributed by atoms with E-state index in [4.69, 9.17) is 15.0 Å². The lowest BCUT2D eigenvalue weighted by Gasteiger charge is -2.32. The van der Waals surface area contributed by atoms with E-state index in [1.807, 2.05) is 0 Å². The smallest absolute Gasteiger partial charge is 0.402 e. The maximum atomic E-state index is 6.44. The van der Waals surface area contributed by atoms with Crippen LogP contribution in [0.25, 0.3) is 0 Å². The van der Waals surface area contributed by atoms with Crippen molar-refractivity contribution in [3.8, 4) is 0 Å². The second-order valence-electron chi connectivity index (χ2n) is 6.96. The number of rotatable bonds is 2. The minimum absolute atomic E-state index is 0.267. The Morgan fingerprint density at radius 2 is 1.35 bits per heavy atom. The van der Waals surface area contributed by atoms with Gasteiger partial charge in [0.1, 0.15) is 0 Å². The second-order valence-corrected chi connectivity index (χ2v) is 6.96. The van der Waals surface area contributed by atoms with E-state index in [0.29, 0.717) is 0 Å². The Kier molecular flexibility index (Phi) is 3.78. The molecule has 0 aromatic heterocycles. The topological polar surface area (TPSA) is 44.5 Å². The summed E-state index contributed by atoms with van der Waals surface area (Å²) < 4.78 is 12.1. The van der Waals surface area contributed by atoms with Crippen LogP contribution in [0.3, 0.4) is 0 Å². The molecule has 110 valence electrons. The van der Waals surface area contributed by atoms with Crippen molar-refractivity contribution in [2.75, 3.05) is 0 Å². The lowest BCUT2D eigenvalue weighted by molar-refractivity contribution is 0.00578. The molecule has 1 saturated heterocycles. The molecular weight excluding hydrogens is 249 g/mol. The highest BCUT2D eigenvalue weighted by Crippen LogP contribution is 2.40. The molecule has 0 aliphatic carbocycles. The van der Waals surface area contributed by atoms with Gasteiger partial charge in [-0.25, -0.2) is 0 Å². The third-order valence-corrected chi connectivity index (χ3v) is 4.64. The van der Waals surface area contributed by atoms with Gasteiger partial charge in [0.25, 0.3) is 0 Å². The monoisotopic (exact) mass is 275 g/mol. The van der Waals surface area contributed by atoms with Gasteiger partial charge in [-0.15, -0.1) is 0 Å². The van der Waals surface area contributed by atoms with E-state index >= 15 is 0 Å². The standard InChI is InChI=1S/C16H26BNO2/c1-10-8-11(2)13(12(3)9-10)14(18)17-19-15(4,5)16(6,7)20-17/h8-9,14H,18H2,1-7H3/t14-/m1/s1. The number of nitrogens with two attached hydrogens (primary N) is 1. The third kappa shape index (κ3) is 2.52. The SMILES string of the molecule is Cc1cc(C)c([C@@H](N)B2OC(C)(C)C(C)(C)O2)c(C)c1. The molecule has 1 aromatic carbocycles. The lowest BCUT2D eigenvalue weighted by atomic mass is 9.72. The molecule has 4 heteroatoms. The number of hydrogen-bond donors (Lipinski definition) is 1. The van der Waals surface area contributed by atoms with Gasteiger partial charge in [-0.2, -0.15) is 0 Å². The second kappa shape index (κ2) is 4.87. The number of benzene rings is 1. The van der Waals surface area contributed by atoms with Crippen LogP contribution < -0.4 is 5.73 Å². The molecule has 20 heavy (non-hydrogen) atoms. The predicted octanol–water partition coefficient (Wildman–Crippen LogP) is 3.24. The quantitative estimate of drug-likeness (QED) is 0.843. The Bertz CT molecular complexity index is 486. The first-order valence-electron chi connectivity index (χ1n) is 7.24. The molecule has 1 aliphatic heterocycles. The summed E-state index contributed by atoms with van der Waals surface area (Å²) >= 11 is 0. The van der Waals surface area contributed by atoms with E-state index < -0.39 is 7.12 Å². The Balaban J connectivity index is 2.33. The minimum atomic E-state index is -0.403. The Labute approximate surface area is 123 Å². The molecule has 0 spiro atoms. The predicted molar refractivity (Wildman–Crippen MR) is 83.7 cm³/mol. The zero-order valence-corrected chi connectivity index (χ0v) is 13.7. The first-order valence-corrected chi connectivity index (χ1v) is 7.24. The van der Waals surface area contributed by atoms with Gasteiger partial charge in [0.15, 0.2) is 0 Å². The Morgan fingerprint density at radius 1 is 0.950 bits per heavy atom. The molecule has 1 aliphatic rings. The number of hydrogen-bond acceptors (Lipinski definition) is 3.